The van der Waals surface area contributed by atoms with E-state index in [0.29, 0.717) is 25.3 Å². The van der Waals surface area contributed by atoms with Crippen molar-refractivity contribution in [2.24, 2.45) is 0 Å². The molecule has 2 aliphatic rings. The topological polar surface area (TPSA) is 69.6 Å². The molecule has 27 heavy (non-hydrogen) atoms. The van der Waals surface area contributed by atoms with Crippen LogP contribution in [0.15, 0.2) is 36.7 Å². The smallest absolute Gasteiger partial charge is 0.278 e. The van der Waals surface area contributed by atoms with E-state index in [2.05, 4.69) is 20.9 Å². The van der Waals surface area contributed by atoms with Crippen molar-refractivity contribution in [2.45, 2.75) is 19.8 Å². The van der Waals surface area contributed by atoms with Crippen LogP contribution in [0.1, 0.15) is 29.4 Å². The lowest BCUT2D eigenvalue weighted by Crippen LogP contribution is -2.48. The van der Waals surface area contributed by atoms with Gasteiger partial charge in [-0.15, -0.1) is 0 Å². The number of hydrogen-bond acceptors (Lipinski definition) is 5. The van der Waals surface area contributed by atoms with E-state index in [1.54, 1.807) is 24.2 Å². The molecular formula is C20H23N5O2. The zero-order chi connectivity index (χ0) is 18.8. The van der Waals surface area contributed by atoms with E-state index in [1.807, 2.05) is 23.1 Å². The summed E-state index contributed by atoms with van der Waals surface area (Å²) in [5.41, 5.74) is 2.53. The first-order valence-electron chi connectivity index (χ1n) is 9.36. The van der Waals surface area contributed by atoms with Crippen molar-refractivity contribution in [1.29, 1.82) is 0 Å². The van der Waals surface area contributed by atoms with Gasteiger partial charge in [0, 0.05) is 45.3 Å². The van der Waals surface area contributed by atoms with E-state index in [4.69, 9.17) is 0 Å². The highest BCUT2D eigenvalue weighted by Gasteiger charge is 2.25. The summed E-state index contributed by atoms with van der Waals surface area (Å²) in [7, 11) is 0. The first-order chi connectivity index (χ1) is 13.1. The molecule has 0 radical (unpaired) electrons. The molecule has 0 spiro atoms. The fourth-order valence-electron chi connectivity index (χ4n) is 3.73. The summed E-state index contributed by atoms with van der Waals surface area (Å²) in [6.07, 6.45) is 5.17. The molecular weight excluding hydrogens is 342 g/mol. The van der Waals surface area contributed by atoms with Crippen LogP contribution in [-0.2, 0) is 11.2 Å². The predicted molar refractivity (Wildman–Crippen MR) is 103 cm³/mol. The molecule has 0 N–H and O–H groups in total. The number of amides is 2. The van der Waals surface area contributed by atoms with Gasteiger partial charge in [-0.2, -0.15) is 0 Å². The largest absolute Gasteiger partial charge is 0.352 e. The fourth-order valence-corrected chi connectivity index (χ4v) is 3.73. The summed E-state index contributed by atoms with van der Waals surface area (Å²) < 4.78 is 0. The van der Waals surface area contributed by atoms with Crippen molar-refractivity contribution >= 4 is 23.3 Å². The van der Waals surface area contributed by atoms with Gasteiger partial charge in [-0.05, 0) is 24.5 Å². The SMILES string of the molecule is CC(=O)N1CCN(c2cnc(C(=O)N3CCCc4ccccc43)cn2)CC1. The Morgan fingerprint density at radius 1 is 0.963 bits per heavy atom. The van der Waals surface area contributed by atoms with Crippen molar-refractivity contribution in [3.8, 4) is 0 Å². The standard InChI is InChI=1S/C20H23N5O2/c1-15(26)23-9-11-24(12-10-23)19-14-21-17(13-22-19)20(27)25-8-4-6-16-5-2-3-7-18(16)25/h2-3,5,7,13-14H,4,6,8-12H2,1H3. The van der Waals surface area contributed by atoms with Crippen molar-refractivity contribution in [3.63, 3.8) is 0 Å². The minimum atomic E-state index is -0.109. The molecule has 0 aliphatic carbocycles. The van der Waals surface area contributed by atoms with Gasteiger partial charge < -0.3 is 14.7 Å². The Hall–Kier alpha value is -2.96. The van der Waals surface area contributed by atoms with Crippen LogP contribution >= 0.6 is 0 Å². The van der Waals surface area contributed by atoms with Crippen LogP contribution in [-0.4, -0.2) is 59.4 Å². The van der Waals surface area contributed by atoms with Crippen molar-refractivity contribution < 1.29 is 9.59 Å². The minimum Gasteiger partial charge on any atom is -0.352 e. The highest BCUT2D eigenvalue weighted by atomic mass is 16.2. The molecule has 1 aromatic heterocycles. The zero-order valence-corrected chi connectivity index (χ0v) is 15.5. The van der Waals surface area contributed by atoms with Crippen LogP contribution in [0.5, 0.6) is 0 Å². The number of para-hydroxylation sites is 1. The number of aryl methyl sites for hydroxylation is 1. The van der Waals surface area contributed by atoms with Crippen LogP contribution in [0.4, 0.5) is 11.5 Å². The van der Waals surface area contributed by atoms with Crippen LogP contribution in [0.3, 0.4) is 0 Å². The zero-order valence-electron chi connectivity index (χ0n) is 15.5. The summed E-state index contributed by atoms with van der Waals surface area (Å²) >= 11 is 0. The molecule has 2 aliphatic heterocycles. The Balaban J connectivity index is 1.47. The molecule has 7 heteroatoms. The van der Waals surface area contributed by atoms with E-state index < -0.39 is 0 Å². The molecule has 2 aromatic rings. The van der Waals surface area contributed by atoms with Gasteiger partial charge >= 0.3 is 0 Å². The number of piperazine rings is 1. The first kappa shape index (κ1) is 17.5. The normalized spacial score (nSPS) is 16.9. The van der Waals surface area contributed by atoms with E-state index in [9.17, 15) is 9.59 Å². The maximum atomic E-state index is 12.9. The second-order valence-electron chi connectivity index (χ2n) is 6.94. The van der Waals surface area contributed by atoms with Gasteiger partial charge in [-0.3, -0.25) is 9.59 Å². The monoisotopic (exact) mass is 365 g/mol. The molecule has 0 bridgehead atoms. The molecule has 2 amide bonds. The number of anilines is 2. The van der Waals surface area contributed by atoms with Crippen molar-refractivity contribution in [1.82, 2.24) is 14.9 Å². The van der Waals surface area contributed by atoms with Gasteiger partial charge in [0.1, 0.15) is 11.5 Å². The number of rotatable bonds is 2. The average Bonchev–Trinajstić information content (AvgIpc) is 2.73. The number of benzene rings is 1. The molecule has 3 heterocycles. The maximum Gasteiger partial charge on any atom is 0.278 e. The fraction of sp³-hybridized carbons (Fsp3) is 0.400. The second-order valence-corrected chi connectivity index (χ2v) is 6.94. The van der Waals surface area contributed by atoms with Gasteiger partial charge in [0.05, 0.1) is 12.4 Å². The van der Waals surface area contributed by atoms with Gasteiger partial charge in [0.15, 0.2) is 0 Å². The number of carbonyl (C=O) groups excluding carboxylic acids is 2. The Morgan fingerprint density at radius 3 is 2.44 bits per heavy atom. The third-order valence-electron chi connectivity index (χ3n) is 5.26. The lowest BCUT2D eigenvalue weighted by Gasteiger charge is -2.34. The Bertz CT molecular complexity index is 844. The number of aromatic nitrogens is 2. The molecule has 4 rings (SSSR count). The van der Waals surface area contributed by atoms with Crippen molar-refractivity contribution in [2.75, 3.05) is 42.5 Å². The van der Waals surface area contributed by atoms with E-state index in [0.717, 1.165) is 37.4 Å². The highest BCUT2D eigenvalue weighted by Crippen LogP contribution is 2.27. The molecule has 0 atom stereocenters. The molecule has 0 unspecified atom stereocenters. The maximum absolute atomic E-state index is 12.9. The number of carbonyl (C=O) groups is 2. The Morgan fingerprint density at radius 2 is 1.74 bits per heavy atom. The van der Waals surface area contributed by atoms with E-state index >= 15 is 0 Å². The summed E-state index contributed by atoms with van der Waals surface area (Å²) in [4.78, 5) is 38.9. The third-order valence-corrected chi connectivity index (χ3v) is 5.26. The molecule has 7 nitrogen and oxygen atoms in total. The lowest BCUT2D eigenvalue weighted by atomic mass is 10.0. The van der Waals surface area contributed by atoms with E-state index in [1.165, 1.54) is 5.56 Å². The minimum absolute atomic E-state index is 0.100. The summed E-state index contributed by atoms with van der Waals surface area (Å²) in [6, 6.07) is 8.03. The molecule has 1 aromatic carbocycles. The van der Waals surface area contributed by atoms with E-state index in [-0.39, 0.29) is 11.8 Å². The summed E-state index contributed by atoms with van der Waals surface area (Å²) in [5.74, 6) is 0.736. The average molecular weight is 365 g/mol. The second kappa shape index (κ2) is 7.34. The number of hydrogen-bond donors (Lipinski definition) is 0. The number of fused-ring (bicyclic) bond motifs is 1. The summed E-state index contributed by atoms with van der Waals surface area (Å²) in [6.45, 7) is 5.10. The molecule has 140 valence electrons. The third kappa shape index (κ3) is 3.49. The quantitative estimate of drug-likeness (QED) is 0.811. The predicted octanol–water partition coefficient (Wildman–Crippen LogP) is 1.74. The van der Waals surface area contributed by atoms with Gasteiger partial charge in [-0.25, -0.2) is 9.97 Å². The number of nitrogens with zero attached hydrogens (tertiary/aromatic N) is 5. The van der Waals surface area contributed by atoms with Gasteiger partial charge in [0.25, 0.3) is 5.91 Å². The van der Waals surface area contributed by atoms with Crippen LogP contribution < -0.4 is 9.80 Å². The lowest BCUT2D eigenvalue weighted by molar-refractivity contribution is -0.129. The Kier molecular flexibility index (Phi) is 4.75. The van der Waals surface area contributed by atoms with Crippen LogP contribution in [0, 0.1) is 0 Å². The molecule has 1 fully saturated rings. The first-order valence-corrected chi connectivity index (χ1v) is 9.36. The van der Waals surface area contributed by atoms with Gasteiger partial charge in [0.2, 0.25) is 5.91 Å². The van der Waals surface area contributed by atoms with Crippen LogP contribution in [0.25, 0.3) is 0 Å². The highest BCUT2D eigenvalue weighted by molar-refractivity contribution is 6.05. The van der Waals surface area contributed by atoms with Crippen LogP contribution in [0.2, 0.25) is 0 Å². The Labute approximate surface area is 158 Å². The van der Waals surface area contributed by atoms with Crippen molar-refractivity contribution in [3.05, 3.63) is 47.9 Å². The molecule has 1 saturated heterocycles. The summed E-state index contributed by atoms with van der Waals surface area (Å²) in [5, 5.41) is 0. The molecule has 0 saturated carbocycles. The van der Waals surface area contributed by atoms with Gasteiger partial charge in [-0.1, -0.05) is 18.2 Å².